The summed E-state index contributed by atoms with van der Waals surface area (Å²) in [5.41, 5.74) is -0.0843. The van der Waals surface area contributed by atoms with Gasteiger partial charge in [0.25, 0.3) is 0 Å². The number of methoxy groups -OCH3 is 1. The molecule has 3 rings (SSSR count). The van der Waals surface area contributed by atoms with Gasteiger partial charge in [-0.2, -0.15) is 4.31 Å². The van der Waals surface area contributed by atoms with Crippen molar-refractivity contribution in [3.63, 3.8) is 0 Å². The van der Waals surface area contributed by atoms with E-state index >= 15 is 0 Å². The molecule has 1 aromatic carbocycles. The van der Waals surface area contributed by atoms with E-state index in [0.29, 0.717) is 18.8 Å². The van der Waals surface area contributed by atoms with Gasteiger partial charge in [0.2, 0.25) is 15.8 Å². The average molecular weight is 378 g/mol. The molecule has 0 bridgehead atoms. The van der Waals surface area contributed by atoms with Crippen molar-refractivity contribution in [1.82, 2.24) is 9.29 Å². The highest BCUT2D eigenvalue weighted by Gasteiger charge is 2.31. The number of hydrogen-bond donors (Lipinski definition) is 0. The quantitative estimate of drug-likeness (QED) is 0.573. The van der Waals surface area contributed by atoms with Crippen LogP contribution in [0.25, 0.3) is 0 Å². The van der Waals surface area contributed by atoms with Crippen molar-refractivity contribution >= 4 is 21.5 Å². The highest BCUT2D eigenvalue weighted by Crippen LogP contribution is 2.27. The molecule has 1 fully saturated rings. The molecular weight excluding hydrogens is 360 g/mol. The highest BCUT2D eigenvalue weighted by molar-refractivity contribution is 7.89. The Morgan fingerprint density at radius 3 is 2.35 bits per heavy atom. The molecule has 0 aliphatic carbocycles. The molecular formula is C16H18N4O5S. The first kappa shape index (κ1) is 18.1. The van der Waals surface area contributed by atoms with E-state index in [0.717, 1.165) is 0 Å². The predicted octanol–water partition coefficient (Wildman–Crippen LogP) is 1.51. The number of rotatable bonds is 5. The molecule has 9 nitrogen and oxygen atoms in total. The van der Waals surface area contributed by atoms with Crippen molar-refractivity contribution in [2.45, 2.75) is 4.90 Å². The van der Waals surface area contributed by atoms with Crippen molar-refractivity contribution in [2.75, 3.05) is 38.2 Å². The summed E-state index contributed by atoms with van der Waals surface area (Å²) in [4.78, 5) is 16.7. The van der Waals surface area contributed by atoms with Gasteiger partial charge in [-0.05, 0) is 30.3 Å². The zero-order chi connectivity index (χ0) is 18.7. The lowest BCUT2D eigenvalue weighted by atomic mass is 10.3. The second-order valence-electron chi connectivity index (χ2n) is 5.67. The van der Waals surface area contributed by atoms with Gasteiger partial charge in [-0.3, -0.25) is 10.1 Å². The number of anilines is 1. The highest BCUT2D eigenvalue weighted by atomic mass is 32.2. The van der Waals surface area contributed by atoms with Crippen LogP contribution in [0, 0.1) is 10.1 Å². The van der Waals surface area contributed by atoms with E-state index in [9.17, 15) is 18.5 Å². The van der Waals surface area contributed by atoms with Gasteiger partial charge in [0.05, 0.1) is 16.9 Å². The van der Waals surface area contributed by atoms with Crippen LogP contribution in [0.4, 0.5) is 11.5 Å². The van der Waals surface area contributed by atoms with Crippen molar-refractivity contribution in [3.8, 4) is 5.75 Å². The lowest BCUT2D eigenvalue weighted by molar-refractivity contribution is -0.384. The largest absolute Gasteiger partial charge is 0.497 e. The normalized spacial score (nSPS) is 15.7. The molecule has 1 aromatic heterocycles. The Morgan fingerprint density at radius 2 is 1.77 bits per heavy atom. The fraction of sp³-hybridized carbons (Fsp3) is 0.312. The first-order valence-corrected chi connectivity index (χ1v) is 9.36. The number of pyridine rings is 1. The number of piperazine rings is 1. The number of aromatic nitrogens is 1. The zero-order valence-electron chi connectivity index (χ0n) is 14.1. The molecule has 0 unspecified atom stereocenters. The molecule has 1 saturated heterocycles. The monoisotopic (exact) mass is 378 g/mol. The first-order chi connectivity index (χ1) is 12.4. The van der Waals surface area contributed by atoms with Crippen LogP contribution in [0.5, 0.6) is 5.75 Å². The third-order valence-corrected chi connectivity index (χ3v) is 6.11. The second kappa shape index (κ2) is 7.26. The third kappa shape index (κ3) is 3.46. The minimum Gasteiger partial charge on any atom is -0.497 e. The number of nitro groups is 1. The number of hydrogen-bond acceptors (Lipinski definition) is 7. The number of benzene rings is 1. The molecule has 0 amide bonds. The van der Waals surface area contributed by atoms with Gasteiger partial charge in [-0.25, -0.2) is 13.4 Å². The number of ether oxygens (including phenoxy) is 1. The van der Waals surface area contributed by atoms with Gasteiger partial charge < -0.3 is 9.64 Å². The van der Waals surface area contributed by atoms with Crippen molar-refractivity contribution in [1.29, 1.82) is 0 Å². The summed E-state index contributed by atoms with van der Waals surface area (Å²) in [6.45, 7) is 1.10. The van der Waals surface area contributed by atoms with Crippen LogP contribution in [-0.2, 0) is 10.0 Å². The van der Waals surface area contributed by atoms with E-state index in [4.69, 9.17) is 4.74 Å². The fourth-order valence-electron chi connectivity index (χ4n) is 2.81. The van der Waals surface area contributed by atoms with E-state index in [1.807, 2.05) is 0 Å². The summed E-state index contributed by atoms with van der Waals surface area (Å²) in [7, 11) is -2.11. The van der Waals surface area contributed by atoms with E-state index in [2.05, 4.69) is 4.98 Å². The van der Waals surface area contributed by atoms with Gasteiger partial charge in [0.15, 0.2) is 0 Å². The minimum absolute atomic E-state index is 0.0843. The summed E-state index contributed by atoms with van der Waals surface area (Å²) < 4.78 is 31.9. The van der Waals surface area contributed by atoms with Crippen LogP contribution in [0.3, 0.4) is 0 Å². The Bertz CT molecular complexity index is 893. The smallest absolute Gasteiger partial charge is 0.311 e. The van der Waals surface area contributed by atoms with Crippen molar-refractivity contribution < 1.29 is 18.1 Å². The lowest BCUT2D eigenvalue weighted by Gasteiger charge is -2.34. The summed E-state index contributed by atoms with van der Waals surface area (Å²) in [6.07, 6.45) is 1.49. The van der Waals surface area contributed by atoms with Crippen LogP contribution in [-0.4, -0.2) is 55.9 Å². The maximum Gasteiger partial charge on any atom is 0.311 e. The second-order valence-corrected chi connectivity index (χ2v) is 7.61. The predicted molar refractivity (Wildman–Crippen MR) is 94.9 cm³/mol. The van der Waals surface area contributed by atoms with E-state index in [1.165, 1.54) is 41.9 Å². The van der Waals surface area contributed by atoms with Crippen LogP contribution < -0.4 is 9.64 Å². The Morgan fingerprint density at radius 1 is 1.12 bits per heavy atom. The molecule has 10 heteroatoms. The van der Waals surface area contributed by atoms with Gasteiger partial charge in [-0.15, -0.1) is 0 Å². The molecule has 0 saturated carbocycles. The summed E-state index contributed by atoms with van der Waals surface area (Å²) in [5, 5.41) is 11.1. The Kier molecular flexibility index (Phi) is 5.05. The van der Waals surface area contributed by atoms with Crippen LogP contribution in [0.2, 0.25) is 0 Å². The molecule has 0 spiro atoms. The zero-order valence-corrected chi connectivity index (χ0v) is 14.9. The molecule has 2 heterocycles. The first-order valence-electron chi connectivity index (χ1n) is 7.92. The van der Waals surface area contributed by atoms with Gasteiger partial charge in [0, 0.05) is 38.4 Å². The Balaban J connectivity index is 1.74. The van der Waals surface area contributed by atoms with E-state index in [1.54, 1.807) is 17.0 Å². The molecule has 0 atom stereocenters. The Labute approximate surface area is 151 Å². The number of sulfonamides is 1. The lowest BCUT2D eigenvalue weighted by Crippen LogP contribution is -2.49. The van der Waals surface area contributed by atoms with E-state index < -0.39 is 14.9 Å². The van der Waals surface area contributed by atoms with Crippen molar-refractivity contribution in [2.24, 2.45) is 0 Å². The van der Waals surface area contributed by atoms with Crippen LogP contribution >= 0.6 is 0 Å². The molecule has 0 radical (unpaired) electrons. The van der Waals surface area contributed by atoms with Crippen LogP contribution in [0.15, 0.2) is 47.5 Å². The van der Waals surface area contributed by atoms with Gasteiger partial charge >= 0.3 is 5.69 Å². The minimum atomic E-state index is -3.62. The molecule has 1 aliphatic rings. The summed E-state index contributed by atoms with van der Waals surface area (Å²) >= 11 is 0. The molecule has 26 heavy (non-hydrogen) atoms. The summed E-state index contributed by atoms with van der Waals surface area (Å²) in [6, 6.07) is 9.10. The number of nitrogens with zero attached hydrogens (tertiary/aromatic N) is 4. The molecule has 2 aromatic rings. The third-order valence-electron chi connectivity index (χ3n) is 4.20. The Hall–Kier alpha value is -2.72. The average Bonchev–Trinajstić information content (AvgIpc) is 2.68. The molecule has 0 N–H and O–H groups in total. The van der Waals surface area contributed by atoms with Gasteiger partial charge in [0.1, 0.15) is 5.75 Å². The maximum atomic E-state index is 12.7. The SMILES string of the molecule is COc1ccc(S(=O)(=O)N2CCN(c3ncccc3[N+](=O)[O-])CC2)cc1. The van der Waals surface area contributed by atoms with Gasteiger partial charge in [-0.1, -0.05) is 0 Å². The van der Waals surface area contributed by atoms with Crippen LogP contribution in [0.1, 0.15) is 0 Å². The standard InChI is InChI=1S/C16H18N4O5S/c1-25-13-4-6-14(7-5-13)26(23,24)19-11-9-18(10-12-19)16-15(20(21)22)3-2-8-17-16/h2-8H,9-12H2,1H3. The fourth-order valence-corrected chi connectivity index (χ4v) is 4.23. The molecule has 138 valence electrons. The van der Waals surface area contributed by atoms with Crippen molar-refractivity contribution in [3.05, 3.63) is 52.7 Å². The maximum absolute atomic E-state index is 12.7. The topological polar surface area (TPSA) is 106 Å². The summed E-state index contributed by atoms with van der Waals surface area (Å²) in [5.74, 6) is 0.843. The molecule has 1 aliphatic heterocycles. The van der Waals surface area contributed by atoms with E-state index in [-0.39, 0.29) is 29.5 Å².